The molecule has 3 heteroatoms. The lowest BCUT2D eigenvalue weighted by Gasteiger charge is -2.03. The van der Waals surface area contributed by atoms with Crippen molar-refractivity contribution in [1.82, 2.24) is 9.55 Å². The first-order valence-electron chi connectivity index (χ1n) is 3.37. The molecule has 0 spiro atoms. The fraction of sp³-hybridized carbons (Fsp3) is 0.571. The van der Waals surface area contributed by atoms with Gasteiger partial charge < -0.3 is 4.57 Å². The average Bonchev–Trinajstić information content (AvgIpc) is 2.34. The van der Waals surface area contributed by atoms with Crippen LogP contribution in [0.4, 0.5) is 0 Å². The first-order chi connectivity index (χ1) is 4.74. The number of imidazole rings is 1. The molecule has 0 fully saturated rings. The minimum atomic E-state index is 0.501. The van der Waals surface area contributed by atoms with Crippen LogP contribution in [0.5, 0.6) is 0 Å². The lowest BCUT2D eigenvalue weighted by atomic mass is 10.4. The van der Waals surface area contributed by atoms with Crippen LogP contribution in [-0.2, 0) is 5.75 Å². The zero-order chi connectivity index (χ0) is 7.56. The third-order valence-electron chi connectivity index (χ3n) is 1.41. The van der Waals surface area contributed by atoms with Gasteiger partial charge in [0.05, 0.1) is 12.0 Å². The highest BCUT2D eigenvalue weighted by atomic mass is 32.1. The van der Waals surface area contributed by atoms with Gasteiger partial charge in [0.15, 0.2) is 0 Å². The van der Waals surface area contributed by atoms with Gasteiger partial charge in [0.1, 0.15) is 0 Å². The number of nitrogens with zero attached hydrogens (tertiary/aromatic N) is 2. The molecule has 0 aliphatic rings. The van der Waals surface area contributed by atoms with Crippen molar-refractivity contribution in [2.75, 3.05) is 0 Å². The van der Waals surface area contributed by atoms with E-state index in [1.54, 1.807) is 0 Å². The van der Waals surface area contributed by atoms with Gasteiger partial charge in [-0.05, 0) is 13.8 Å². The predicted octanol–water partition coefficient (Wildman–Crippen LogP) is 1.89. The molecule has 0 aliphatic carbocycles. The molecule has 1 heterocycles. The van der Waals surface area contributed by atoms with Crippen LogP contribution in [0.2, 0.25) is 0 Å². The Morgan fingerprint density at radius 3 is 2.70 bits per heavy atom. The second-order valence-electron chi connectivity index (χ2n) is 2.56. The van der Waals surface area contributed by atoms with E-state index in [0.29, 0.717) is 6.04 Å². The summed E-state index contributed by atoms with van der Waals surface area (Å²) in [5.41, 5.74) is 1.04. The molecule has 0 saturated carbocycles. The Morgan fingerprint density at radius 1 is 1.70 bits per heavy atom. The highest BCUT2D eigenvalue weighted by molar-refractivity contribution is 7.79. The Hall–Kier alpha value is -0.440. The van der Waals surface area contributed by atoms with Crippen LogP contribution in [0.3, 0.4) is 0 Å². The van der Waals surface area contributed by atoms with Gasteiger partial charge in [0, 0.05) is 18.0 Å². The van der Waals surface area contributed by atoms with Crippen molar-refractivity contribution in [2.45, 2.75) is 25.6 Å². The zero-order valence-corrected chi connectivity index (χ0v) is 7.18. The van der Waals surface area contributed by atoms with Gasteiger partial charge in [0.25, 0.3) is 0 Å². The van der Waals surface area contributed by atoms with Crippen molar-refractivity contribution < 1.29 is 0 Å². The van der Waals surface area contributed by atoms with Gasteiger partial charge in [-0.15, -0.1) is 0 Å². The van der Waals surface area contributed by atoms with Crippen molar-refractivity contribution in [1.29, 1.82) is 0 Å². The molecule has 56 valence electrons. The van der Waals surface area contributed by atoms with Crippen LogP contribution < -0.4 is 0 Å². The number of thiol groups is 1. The second-order valence-corrected chi connectivity index (χ2v) is 2.88. The Morgan fingerprint density at radius 2 is 2.40 bits per heavy atom. The molecule has 0 aromatic carbocycles. The van der Waals surface area contributed by atoms with Gasteiger partial charge in [-0.2, -0.15) is 12.6 Å². The van der Waals surface area contributed by atoms with Crippen LogP contribution in [0.15, 0.2) is 12.5 Å². The summed E-state index contributed by atoms with van der Waals surface area (Å²) in [6.45, 7) is 4.26. The monoisotopic (exact) mass is 156 g/mol. The topological polar surface area (TPSA) is 17.8 Å². The van der Waals surface area contributed by atoms with Crippen LogP contribution in [0.1, 0.15) is 25.6 Å². The quantitative estimate of drug-likeness (QED) is 0.647. The van der Waals surface area contributed by atoms with E-state index in [1.807, 2.05) is 12.5 Å². The third kappa shape index (κ3) is 1.53. The summed E-state index contributed by atoms with van der Waals surface area (Å²) in [6, 6.07) is 0.501. The molecule has 0 N–H and O–H groups in total. The molecule has 0 aliphatic heterocycles. The fourth-order valence-electron chi connectivity index (χ4n) is 0.744. The van der Waals surface area contributed by atoms with Crippen LogP contribution in [-0.4, -0.2) is 9.55 Å². The summed E-state index contributed by atoms with van der Waals surface area (Å²) < 4.78 is 2.07. The third-order valence-corrected chi connectivity index (χ3v) is 1.74. The lowest BCUT2D eigenvalue weighted by Crippen LogP contribution is -1.95. The first kappa shape index (κ1) is 7.66. The maximum Gasteiger partial charge on any atom is 0.0952 e. The number of hydrogen-bond donors (Lipinski definition) is 1. The van der Waals surface area contributed by atoms with Crippen LogP contribution >= 0.6 is 12.6 Å². The minimum Gasteiger partial charge on any atom is -0.335 e. The smallest absolute Gasteiger partial charge is 0.0952 e. The molecule has 0 unspecified atom stereocenters. The Bertz CT molecular complexity index is 205. The van der Waals surface area contributed by atoms with E-state index in [2.05, 4.69) is 36.0 Å². The van der Waals surface area contributed by atoms with E-state index in [0.717, 1.165) is 11.4 Å². The van der Waals surface area contributed by atoms with Gasteiger partial charge >= 0.3 is 0 Å². The highest BCUT2D eigenvalue weighted by Gasteiger charge is 1.98. The van der Waals surface area contributed by atoms with Crippen molar-refractivity contribution >= 4 is 12.6 Å². The second kappa shape index (κ2) is 3.10. The van der Waals surface area contributed by atoms with E-state index in [1.165, 1.54) is 0 Å². The largest absolute Gasteiger partial charge is 0.335 e. The van der Waals surface area contributed by atoms with E-state index < -0.39 is 0 Å². The van der Waals surface area contributed by atoms with Crippen LogP contribution in [0, 0.1) is 0 Å². The molecule has 2 nitrogen and oxygen atoms in total. The molecule has 0 saturated heterocycles. The van der Waals surface area contributed by atoms with Crippen molar-refractivity contribution in [3.05, 3.63) is 18.2 Å². The maximum atomic E-state index is 4.14. The summed E-state index contributed by atoms with van der Waals surface area (Å²) in [5.74, 6) is 0.722. The molecular weight excluding hydrogens is 144 g/mol. The van der Waals surface area contributed by atoms with Gasteiger partial charge in [0.2, 0.25) is 0 Å². The molecule has 0 bridgehead atoms. The van der Waals surface area contributed by atoms with Gasteiger partial charge in [-0.1, -0.05) is 0 Å². The summed E-state index contributed by atoms with van der Waals surface area (Å²) in [6.07, 6.45) is 3.87. The molecule has 0 radical (unpaired) electrons. The van der Waals surface area contributed by atoms with Crippen molar-refractivity contribution in [3.8, 4) is 0 Å². The number of hydrogen-bond acceptors (Lipinski definition) is 2. The Balaban J connectivity index is 2.78. The molecule has 0 amide bonds. The van der Waals surface area contributed by atoms with Crippen molar-refractivity contribution in [2.24, 2.45) is 0 Å². The number of rotatable bonds is 2. The fourth-order valence-corrected chi connectivity index (χ4v) is 0.907. The first-order valence-corrected chi connectivity index (χ1v) is 4.00. The maximum absolute atomic E-state index is 4.14. The lowest BCUT2D eigenvalue weighted by molar-refractivity contribution is 0.599. The Labute approximate surface area is 66.7 Å². The Kier molecular flexibility index (Phi) is 2.38. The zero-order valence-electron chi connectivity index (χ0n) is 6.28. The number of aromatic nitrogens is 2. The summed E-state index contributed by atoms with van der Waals surface area (Å²) in [5, 5.41) is 0. The molecule has 1 aromatic heterocycles. The standard InChI is InChI=1S/C7H12N2S/c1-6(2)9-3-7(4-10)8-5-9/h3,5-6,10H,4H2,1-2H3. The SMILES string of the molecule is CC(C)n1cnc(CS)c1. The summed E-state index contributed by atoms with van der Waals surface area (Å²) in [7, 11) is 0. The van der Waals surface area contributed by atoms with E-state index in [-0.39, 0.29) is 0 Å². The molecule has 1 rings (SSSR count). The molecule has 0 atom stereocenters. The summed E-state index contributed by atoms with van der Waals surface area (Å²) >= 11 is 4.12. The highest BCUT2D eigenvalue weighted by Crippen LogP contribution is 2.06. The van der Waals surface area contributed by atoms with Gasteiger partial charge in [-0.3, -0.25) is 0 Å². The minimum absolute atomic E-state index is 0.501. The average molecular weight is 156 g/mol. The van der Waals surface area contributed by atoms with Gasteiger partial charge in [-0.25, -0.2) is 4.98 Å². The summed E-state index contributed by atoms with van der Waals surface area (Å²) in [4.78, 5) is 4.14. The predicted molar refractivity (Wildman–Crippen MR) is 45.3 cm³/mol. The normalized spacial score (nSPS) is 10.8. The van der Waals surface area contributed by atoms with E-state index in [4.69, 9.17) is 0 Å². The van der Waals surface area contributed by atoms with Crippen molar-refractivity contribution in [3.63, 3.8) is 0 Å². The van der Waals surface area contributed by atoms with E-state index >= 15 is 0 Å². The van der Waals surface area contributed by atoms with E-state index in [9.17, 15) is 0 Å². The molecular formula is C7H12N2S. The van der Waals surface area contributed by atoms with Crippen LogP contribution in [0.25, 0.3) is 0 Å². The molecule has 10 heavy (non-hydrogen) atoms. The molecule has 1 aromatic rings.